The molecule has 0 radical (unpaired) electrons. The lowest BCUT2D eigenvalue weighted by Crippen LogP contribution is -2.24. The second-order valence-corrected chi connectivity index (χ2v) is 7.70. The fraction of sp³-hybridized carbons (Fsp3) is 0.0345. The van der Waals surface area contributed by atoms with Crippen LogP contribution in [0.25, 0.3) is 32.7 Å². The number of hydrogen-bond acceptors (Lipinski definition) is 3. The van der Waals surface area contributed by atoms with Crippen LogP contribution in [0.1, 0.15) is 5.56 Å². The highest BCUT2D eigenvalue weighted by Gasteiger charge is 2.06. The van der Waals surface area contributed by atoms with E-state index in [9.17, 15) is 4.79 Å². The Kier molecular flexibility index (Phi) is 5.81. The predicted molar refractivity (Wildman–Crippen MR) is 135 cm³/mol. The first kappa shape index (κ1) is 20.5. The molecule has 0 saturated carbocycles. The number of rotatable bonds is 6. The molecule has 160 valence electrons. The first-order valence-electron chi connectivity index (χ1n) is 10.8. The molecule has 4 nitrogen and oxygen atoms in total. The van der Waals surface area contributed by atoms with Crippen LogP contribution in [0, 0.1) is 0 Å². The van der Waals surface area contributed by atoms with E-state index in [1.165, 1.54) is 0 Å². The highest BCUT2D eigenvalue weighted by Crippen LogP contribution is 2.27. The van der Waals surface area contributed by atoms with Gasteiger partial charge in [0.2, 0.25) is 0 Å². The summed E-state index contributed by atoms with van der Waals surface area (Å²) in [5.74, 6) is 0.316. The lowest BCUT2D eigenvalue weighted by Gasteiger charge is -2.08. The summed E-state index contributed by atoms with van der Waals surface area (Å²) in [4.78, 5) is 12.3. The van der Waals surface area contributed by atoms with Gasteiger partial charge >= 0.3 is 0 Å². The van der Waals surface area contributed by atoms with Gasteiger partial charge < -0.3 is 4.74 Å². The van der Waals surface area contributed by atoms with Crippen LogP contribution in [0.15, 0.2) is 114 Å². The van der Waals surface area contributed by atoms with E-state index in [0.717, 1.165) is 38.2 Å². The number of carbonyl (C=O) groups is 1. The lowest BCUT2D eigenvalue weighted by molar-refractivity contribution is -0.123. The minimum Gasteiger partial charge on any atom is -0.484 e. The second-order valence-electron chi connectivity index (χ2n) is 7.70. The summed E-state index contributed by atoms with van der Waals surface area (Å²) in [5, 5.41) is 8.64. The van der Waals surface area contributed by atoms with Crippen molar-refractivity contribution in [3.05, 3.63) is 115 Å². The molecule has 0 aromatic heterocycles. The number of fused-ring (bicyclic) bond motifs is 2. The van der Waals surface area contributed by atoms with Crippen LogP contribution in [-0.2, 0) is 4.79 Å². The molecule has 5 aromatic rings. The summed E-state index contributed by atoms with van der Waals surface area (Å²) < 4.78 is 5.62. The molecule has 0 unspecified atom stereocenters. The maximum atomic E-state index is 12.3. The minimum absolute atomic E-state index is 0.113. The van der Waals surface area contributed by atoms with E-state index >= 15 is 0 Å². The molecular formula is C29H22N2O2. The molecule has 1 amide bonds. The van der Waals surface area contributed by atoms with Crippen molar-refractivity contribution < 1.29 is 9.53 Å². The lowest BCUT2D eigenvalue weighted by atomic mass is 9.97. The number of carbonyl (C=O) groups excluding carboxylic acids is 1. The number of benzene rings is 5. The molecule has 0 spiro atoms. The van der Waals surface area contributed by atoms with Crippen LogP contribution in [0.5, 0.6) is 5.75 Å². The molecule has 0 fully saturated rings. The quantitative estimate of drug-likeness (QED) is 0.198. The van der Waals surface area contributed by atoms with E-state index < -0.39 is 0 Å². The number of nitrogens with zero attached hydrogens (tertiary/aromatic N) is 1. The predicted octanol–water partition coefficient (Wildman–Crippen LogP) is 6.19. The molecule has 0 aliphatic carbocycles. The standard InChI is InChI=1S/C29H22N2O2/c32-29(20-33-25-16-14-22(15-17-25)21-8-2-1-3-9-21)31-30-19-28-26-12-6-4-10-23(26)18-24-11-5-7-13-27(24)28/h1-19H,20H2,(H,31,32). The van der Waals surface area contributed by atoms with Crippen LogP contribution < -0.4 is 10.2 Å². The highest BCUT2D eigenvalue weighted by molar-refractivity contribution is 6.13. The molecule has 0 aliphatic heterocycles. The summed E-state index contributed by atoms with van der Waals surface area (Å²) in [6, 6.07) is 36.3. The first-order chi connectivity index (χ1) is 16.3. The smallest absolute Gasteiger partial charge is 0.277 e. The third kappa shape index (κ3) is 4.60. The Bertz CT molecular complexity index is 1390. The summed E-state index contributed by atoms with van der Waals surface area (Å²) in [7, 11) is 0. The van der Waals surface area contributed by atoms with Gasteiger partial charge in [-0.25, -0.2) is 5.43 Å². The minimum atomic E-state index is -0.317. The van der Waals surface area contributed by atoms with Crippen molar-refractivity contribution in [2.24, 2.45) is 5.10 Å². The molecule has 33 heavy (non-hydrogen) atoms. The van der Waals surface area contributed by atoms with Gasteiger partial charge in [0.05, 0.1) is 6.21 Å². The topological polar surface area (TPSA) is 50.7 Å². The Morgan fingerprint density at radius 1 is 0.727 bits per heavy atom. The fourth-order valence-corrected chi connectivity index (χ4v) is 3.91. The van der Waals surface area contributed by atoms with E-state index in [-0.39, 0.29) is 12.5 Å². The van der Waals surface area contributed by atoms with Crippen molar-refractivity contribution >= 4 is 33.7 Å². The summed E-state index contributed by atoms with van der Waals surface area (Å²) >= 11 is 0. The van der Waals surface area contributed by atoms with Crippen LogP contribution in [0.2, 0.25) is 0 Å². The number of ether oxygens (including phenoxy) is 1. The van der Waals surface area contributed by atoms with Gasteiger partial charge in [-0.2, -0.15) is 5.10 Å². The number of hydrazone groups is 1. The molecular weight excluding hydrogens is 408 g/mol. The van der Waals surface area contributed by atoms with Crippen LogP contribution in [0.4, 0.5) is 0 Å². The van der Waals surface area contributed by atoms with Gasteiger partial charge in [0.25, 0.3) is 5.91 Å². The summed E-state index contributed by atoms with van der Waals surface area (Å²) in [6.45, 7) is -0.113. The number of amides is 1. The zero-order valence-corrected chi connectivity index (χ0v) is 17.9. The van der Waals surface area contributed by atoms with Crippen LogP contribution in [-0.4, -0.2) is 18.7 Å². The number of nitrogens with one attached hydrogen (secondary N) is 1. The largest absolute Gasteiger partial charge is 0.484 e. The third-order valence-corrected chi connectivity index (χ3v) is 5.53. The molecule has 0 aliphatic rings. The molecule has 0 heterocycles. The number of hydrogen-bond donors (Lipinski definition) is 1. The van der Waals surface area contributed by atoms with E-state index in [2.05, 4.69) is 53.0 Å². The monoisotopic (exact) mass is 430 g/mol. The molecule has 0 atom stereocenters. The van der Waals surface area contributed by atoms with E-state index in [0.29, 0.717) is 5.75 Å². The Labute approximate surface area is 192 Å². The van der Waals surface area contributed by atoms with Crippen molar-refractivity contribution in [3.63, 3.8) is 0 Å². The summed E-state index contributed by atoms with van der Waals surface area (Å²) in [6.07, 6.45) is 1.71. The molecule has 0 saturated heterocycles. The van der Waals surface area contributed by atoms with E-state index in [1.807, 2.05) is 66.7 Å². The van der Waals surface area contributed by atoms with Crippen molar-refractivity contribution in [2.45, 2.75) is 0 Å². The Hall–Kier alpha value is -4.44. The maximum Gasteiger partial charge on any atom is 0.277 e. The normalized spacial score (nSPS) is 11.2. The van der Waals surface area contributed by atoms with Gasteiger partial charge in [0, 0.05) is 5.56 Å². The van der Waals surface area contributed by atoms with Crippen molar-refractivity contribution in [2.75, 3.05) is 6.61 Å². The second kappa shape index (κ2) is 9.37. The van der Waals surface area contributed by atoms with E-state index in [1.54, 1.807) is 6.21 Å². The Morgan fingerprint density at radius 2 is 1.30 bits per heavy atom. The van der Waals surface area contributed by atoms with Gasteiger partial charge in [0.15, 0.2) is 6.61 Å². The van der Waals surface area contributed by atoms with Gasteiger partial charge in [-0.3, -0.25) is 4.79 Å². The van der Waals surface area contributed by atoms with Crippen LogP contribution >= 0.6 is 0 Å². The van der Waals surface area contributed by atoms with E-state index in [4.69, 9.17) is 4.74 Å². The Morgan fingerprint density at radius 3 is 1.97 bits per heavy atom. The highest BCUT2D eigenvalue weighted by atomic mass is 16.5. The van der Waals surface area contributed by atoms with Crippen molar-refractivity contribution in [1.82, 2.24) is 5.43 Å². The SMILES string of the molecule is O=C(COc1ccc(-c2ccccc2)cc1)NN=Cc1c2ccccc2cc2ccccc12. The summed E-state index contributed by atoms with van der Waals surface area (Å²) in [5.41, 5.74) is 5.78. The molecule has 5 rings (SSSR count). The molecule has 5 aromatic carbocycles. The molecule has 1 N–H and O–H groups in total. The van der Waals surface area contributed by atoms with Gasteiger partial charge in [-0.15, -0.1) is 0 Å². The zero-order valence-electron chi connectivity index (χ0n) is 17.9. The fourth-order valence-electron chi connectivity index (χ4n) is 3.91. The average Bonchev–Trinajstić information content (AvgIpc) is 2.88. The zero-order chi connectivity index (χ0) is 22.5. The van der Waals surface area contributed by atoms with Gasteiger partial charge in [0.1, 0.15) is 5.75 Å². The Balaban J connectivity index is 1.25. The van der Waals surface area contributed by atoms with Crippen LogP contribution in [0.3, 0.4) is 0 Å². The molecule has 0 bridgehead atoms. The van der Waals surface area contributed by atoms with Gasteiger partial charge in [-0.1, -0.05) is 91.0 Å². The van der Waals surface area contributed by atoms with Crippen molar-refractivity contribution in [3.8, 4) is 16.9 Å². The molecule has 4 heteroatoms. The third-order valence-electron chi connectivity index (χ3n) is 5.53. The first-order valence-corrected chi connectivity index (χ1v) is 10.8. The maximum absolute atomic E-state index is 12.3. The average molecular weight is 431 g/mol. The van der Waals surface area contributed by atoms with Crippen molar-refractivity contribution in [1.29, 1.82) is 0 Å². The van der Waals surface area contributed by atoms with Gasteiger partial charge in [-0.05, 0) is 50.9 Å².